The highest BCUT2D eigenvalue weighted by Crippen LogP contribution is 2.25. The number of pyridine rings is 1. The number of amides is 4. The van der Waals surface area contributed by atoms with Crippen LogP contribution in [0, 0.1) is 11.3 Å². The minimum absolute atomic E-state index is 0.0646. The molecule has 0 unspecified atom stereocenters. The number of carbonyl (C=O) groups is 4. The van der Waals surface area contributed by atoms with Crippen molar-refractivity contribution in [2.24, 2.45) is 16.4 Å². The van der Waals surface area contributed by atoms with E-state index in [-0.39, 0.29) is 34.7 Å². The number of benzene rings is 2. The molecule has 3 heterocycles. The van der Waals surface area contributed by atoms with E-state index in [2.05, 4.69) is 43.2 Å². The number of aromatic nitrogens is 2. The Morgan fingerprint density at radius 3 is 2.48 bits per heavy atom. The maximum atomic E-state index is 13.2. The van der Waals surface area contributed by atoms with E-state index in [0.29, 0.717) is 86.0 Å². The number of aryl methyl sites for hydroxylation is 1. The number of fused-ring (bicyclic) bond motifs is 1. The summed E-state index contributed by atoms with van der Waals surface area (Å²) < 4.78 is 18.1. The molecule has 2 aromatic heterocycles. The lowest BCUT2D eigenvalue weighted by Gasteiger charge is -2.29. The number of rotatable bonds is 20. The van der Waals surface area contributed by atoms with Crippen molar-refractivity contribution in [3.05, 3.63) is 84.0 Å². The van der Waals surface area contributed by atoms with E-state index in [1.54, 1.807) is 37.4 Å². The fraction of sp³-hybridized carbons (Fsp3) is 0.477. The van der Waals surface area contributed by atoms with E-state index < -0.39 is 17.6 Å². The maximum absolute atomic E-state index is 13.2. The van der Waals surface area contributed by atoms with Crippen LogP contribution in [0.25, 0.3) is 11.1 Å². The van der Waals surface area contributed by atoms with Gasteiger partial charge in [-0.25, -0.2) is 15.0 Å². The lowest BCUT2D eigenvalue weighted by atomic mass is 9.94. The second-order valence-corrected chi connectivity index (χ2v) is 16.6. The van der Waals surface area contributed by atoms with Crippen molar-refractivity contribution in [3.8, 4) is 5.75 Å². The molecule has 0 bridgehead atoms. The molecule has 0 saturated carbocycles. The summed E-state index contributed by atoms with van der Waals surface area (Å²) in [5.74, 6) is 0.327. The number of oxazole rings is 1. The Hall–Kier alpha value is -5.63. The number of anilines is 1. The van der Waals surface area contributed by atoms with Crippen LogP contribution in [0.2, 0.25) is 0 Å². The molecule has 0 spiro atoms. The van der Waals surface area contributed by atoms with Gasteiger partial charge in [-0.2, -0.15) is 5.10 Å². The number of nitrogens with one attached hydrogen (secondary N) is 3. The molecule has 2 aromatic carbocycles. The molecule has 1 atom stereocenters. The molecule has 1 aliphatic rings. The van der Waals surface area contributed by atoms with E-state index >= 15 is 0 Å². The van der Waals surface area contributed by atoms with Gasteiger partial charge < -0.3 is 29.8 Å². The molecule has 14 nitrogen and oxygen atoms in total. The zero-order chi connectivity index (χ0) is 41.9. The highest BCUT2D eigenvalue weighted by molar-refractivity contribution is 6.04. The number of hydrogen-bond acceptors (Lipinski definition) is 10. The predicted molar refractivity (Wildman–Crippen MR) is 222 cm³/mol. The Balaban J connectivity index is 1.02. The van der Waals surface area contributed by atoms with Crippen LogP contribution >= 0.6 is 0 Å². The predicted octanol–water partition coefficient (Wildman–Crippen LogP) is 6.69. The van der Waals surface area contributed by atoms with E-state index in [1.165, 1.54) is 16.8 Å². The van der Waals surface area contributed by atoms with E-state index in [9.17, 15) is 19.2 Å². The molecule has 58 heavy (non-hydrogen) atoms. The van der Waals surface area contributed by atoms with Crippen LogP contribution in [-0.4, -0.2) is 82.8 Å². The van der Waals surface area contributed by atoms with Gasteiger partial charge in [0.25, 0.3) is 5.91 Å². The van der Waals surface area contributed by atoms with Crippen LogP contribution in [0.3, 0.4) is 0 Å². The smallest absolute Gasteiger partial charge is 0.274 e. The average molecular weight is 796 g/mol. The van der Waals surface area contributed by atoms with Crippen molar-refractivity contribution < 1.29 is 33.1 Å². The first-order valence-corrected chi connectivity index (χ1v) is 20.0. The van der Waals surface area contributed by atoms with Gasteiger partial charge in [-0.15, -0.1) is 0 Å². The van der Waals surface area contributed by atoms with Gasteiger partial charge in [0.1, 0.15) is 34.3 Å². The Morgan fingerprint density at radius 1 is 1.00 bits per heavy atom. The fourth-order valence-electron chi connectivity index (χ4n) is 6.33. The van der Waals surface area contributed by atoms with E-state index in [4.69, 9.17) is 13.9 Å². The summed E-state index contributed by atoms with van der Waals surface area (Å²) in [6, 6.07) is 17.9. The highest BCUT2D eigenvalue weighted by Gasteiger charge is 2.27. The molecule has 0 aliphatic carbocycles. The zero-order valence-corrected chi connectivity index (χ0v) is 34.7. The Kier molecular flexibility index (Phi) is 14.8. The third-order valence-electron chi connectivity index (χ3n) is 9.62. The van der Waals surface area contributed by atoms with Gasteiger partial charge in [-0.05, 0) is 74.9 Å². The molecule has 310 valence electrons. The summed E-state index contributed by atoms with van der Waals surface area (Å²) in [5.41, 5.74) is 2.66. The fourth-order valence-corrected chi connectivity index (χ4v) is 6.33. The minimum Gasteiger partial charge on any atom is -0.486 e. The minimum atomic E-state index is -0.595. The molecule has 0 radical (unpaired) electrons. The Labute approximate surface area is 340 Å². The van der Waals surface area contributed by atoms with Gasteiger partial charge in [0, 0.05) is 50.4 Å². The molecule has 1 aliphatic heterocycles. The summed E-state index contributed by atoms with van der Waals surface area (Å²) in [6.07, 6.45) is 5.32. The lowest BCUT2D eigenvalue weighted by Crippen LogP contribution is -2.49. The van der Waals surface area contributed by atoms with Gasteiger partial charge in [0.2, 0.25) is 23.6 Å². The SMILES string of the molecule is CC(C)C[C@H](NC(=O)CCCc1ccccc1)C(=O)NCC(C)(C)COCCC(C)(C)Oc1ccc(C(=O)Nc2ccc3oc(C4=NN(C)C(=O)CC4)nc3c2)nc1. The van der Waals surface area contributed by atoms with E-state index in [0.717, 1.165) is 12.8 Å². The number of carbonyl (C=O) groups excluding carboxylic acids is 4. The molecule has 4 aromatic rings. The van der Waals surface area contributed by atoms with Crippen LogP contribution in [-0.2, 0) is 25.5 Å². The number of hydrazone groups is 1. The summed E-state index contributed by atoms with van der Waals surface area (Å²) in [6.45, 7) is 13.3. The second kappa shape index (κ2) is 19.7. The van der Waals surface area contributed by atoms with Crippen molar-refractivity contribution in [3.63, 3.8) is 0 Å². The van der Waals surface area contributed by atoms with E-state index in [1.807, 2.05) is 59.7 Å². The van der Waals surface area contributed by atoms with Gasteiger partial charge in [0.05, 0.1) is 19.4 Å². The van der Waals surface area contributed by atoms with Crippen molar-refractivity contribution in [2.75, 3.05) is 32.1 Å². The topological polar surface area (TPSA) is 177 Å². The van der Waals surface area contributed by atoms with Gasteiger partial charge >= 0.3 is 0 Å². The first kappa shape index (κ1) is 43.5. The molecule has 0 saturated heterocycles. The monoisotopic (exact) mass is 795 g/mol. The summed E-state index contributed by atoms with van der Waals surface area (Å²) >= 11 is 0. The molecular weight excluding hydrogens is 739 g/mol. The first-order chi connectivity index (χ1) is 27.6. The van der Waals surface area contributed by atoms with Crippen LogP contribution in [0.4, 0.5) is 5.69 Å². The Morgan fingerprint density at radius 2 is 1.78 bits per heavy atom. The molecule has 5 rings (SSSR count). The summed E-state index contributed by atoms with van der Waals surface area (Å²) in [4.78, 5) is 59.6. The number of ether oxygens (including phenoxy) is 2. The van der Waals surface area contributed by atoms with Crippen LogP contribution in [0.1, 0.15) is 102 Å². The molecule has 14 heteroatoms. The van der Waals surface area contributed by atoms with Crippen molar-refractivity contribution in [2.45, 2.75) is 98.1 Å². The first-order valence-electron chi connectivity index (χ1n) is 20.0. The molecular formula is C44H57N7O7. The Bertz CT molecular complexity index is 2060. The lowest BCUT2D eigenvalue weighted by molar-refractivity contribution is -0.130. The number of nitrogens with zero attached hydrogens (tertiary/aromatic N) is 4. The third-order valence-corrected chi connectivity index (χ3v) is 9.62. The van der Waals surface area contributed by atoms with Crippen LogP contribution in [0.15, 0.2) is 76.4 Å². The second-order valence-electron chi connectivity index (χ2n) is 16.6. The molecule has 3 N–H and O–H groups in total. The van der Waals surface area contributed by atoms with Gasteiger partial charge in [-0.1, -0.05) is 58.0 Å². The van der Waals surface area contributed by atoms with Gasteiger partial charge in [-0.3, -0.25) is 19.2 Å². The highest BCUT2D eigenvalue weighted by atomic mass is 16.5. The van der Waals surface area contributed by atoms with Gasteiger partial charge in [0.15, 0.2) is 5.58 Å². The maximum Gasteiger partial charge on any atom is 0.274 e. The average Bonchev–Trinajstić information content (AvgIpc) is 3.60. The zero-order valence-electron chi connectivity index (χ0n) is 34.7. The quantitative estimate of drug-likeness (QED) is 0.0823. The summed E-state index contributed by atoms with van der Waals surface area (Å²) in [7, 11) is 1.60. The van der Waals surface area contributed by atoms with Crippen LogP contribution in [0.5, 0.6) is 5.75 Å². The standard InChI is InChI=1S/C44H57N7O7/c1-29(2)24-36(48-38(52)15-11-14-30-12-9-8-10-13-30)40(54)46-27-43(3,4)28-56-23-22-44(5,6)58-32-17-18-33(45-26-32)41(55)47-31-16-20-37-35(25-31)49-42(57-37)34-19-21-39(53)51(7)50-34/h8-10,12-13,16-18,20,25-26,29,36H,11,14-15,19,21-24,27-28H2,1-7H3,(H,46,54)(H,47,55)(H,48,52)/t36-/m0/s1. The van der Waals surface area contributed by atoms with Crippen molar-refractivity contribution in [1.29, 1.82) is 0 Å². The number of hydrogen-bond donors (Lipinski definition) is 3. The normalized spacial score (nSPS) is 14.0. The summed E-state index contributed by atoms with van der Waals surface area (Å²) in [5, 5.41) is 14.4. The largest absolute Gasteiger partial charge is 0.486 e. The van der Waals surface area contributed by atoms with Crippen LogP contribution < -0.4 is 20.7 Å². The van der Waals surface area contributed by atoms with Crippen molar-refractivity contribution >= 4 is 46.1 Å². The van der Waals surface area contributed by atoms with Crippen molar-refractivity contribution in [1.82, 2.24) is 25.6 Å². The molecule has 0 fully saturated rings. The third kappa shape index (κ3) is 13.2. The molecule has 4 amide bonds.